The maximum absolute atomic E-state index is 12.2. The summed E-state index contributed by atoms with van der Waals surface area (Å²) in [6.45, 7) is 21.4. The van der Waals surface area contributed by atoms with E-state index in [-0.39, 0.29) is 142 Å². The Bertz CT molecular complexity index is 905. The monoisotopic (exact) mass is 762 g/mol. The molecule has 2 N–H and O–H groups in total. The standard InChI is InChI=1S/C11H20B2NO5P.C10H18B2NO5P.2Y/c1-8-9(7-15)18-11(13(2)12)10(8)19-20(4,16)17-6-5-14-3;1-7-9(18-19(15)16-5-4-13-3)8(6-14)17-10(7)12(2)11;;/h8-11,15H,5-7H2,1-2,4H3;7-10,14,19H,4-6H2,1-2H3;;/t8?,9-,10+,11-,20?;7-,8+,9?,10+;;/m10../s1. The molecule has 4 unspecified atom stereocenters. The smallest absolute Gasteiger partial charge is 0.328 e. The van der Waals surface area contributed by atoms with Crippen LogP contribution in [0.3, 0.4) is 0 Å². The van der Waals surface area contributed by atoms with Crippen LogP contribution in [-0.2, 0) is 102 Å². The number of hydrogen-bond acceptors (Lipinski definition) is 10. The minimum Gasteiger partial charge on any atom is -0.394 e. The summed E-state index contributed by atoms with van der Waals surface area (Å²) < 4.78 is 56.1. The van der Waals surface area contributed by atoms with Gasteiger partial charge in [-0.25, -0.2) is 13.1 Å². The van der Waals surface area contributed by atoms with Crippen molar-refractivity contribution in [3.05, 3.63) is 22.8 Å². The third kappa shape index (κ3) is 15.2. The molecule has 2 aliphatic heterocycles. The number of aliphatic hydroxyl groups is 2. The molecule has 220 valence electrons. The van der Waals surface area contributed by atoms with Crippen molar-refractivity contribution in [3.63, 3.8) is 0 Å². The number of ether oxygens (including phenoxy) is 2. The van der Waals surface area contributed by atoms with Crippen LogP contribution in [0.15, 0.2) is 0 Å². The summed E-state index contributed by atoms with van der Waals surface area (Å²) in [7, 11) is 5.67. The van der Waals surface area contributed by atoms with E-state index in [9.17, 15) is 19.3 Å². The van der Waals surface area contributed by atoms with Gasteiger partial charge in [0.15, 0.2) is 0 Å². The molecular formula is C21H38B4N2O10P2Y2. The van der Waals surface area contributed by atoms with Crippen molar-refractivity contribution in [2.45, 2.75) is 63.9 Å². The molecule has 2 rings (SSSR count). The van der Waals surface area contributed by atoms with Gasteiger partial charge < -0.3 is 47.5 Å². The molecule has 2 heterocycles. The second-order valence-electron chi connectivity index (χ2n) is 9.70. The largest absolute Gasteiger partial charge is 0.394 e. The molecule has 0 amide bonds. The number of nitrogens with zero attached hydrogens (tertiary/aromatic N) is 2. The predicted molar refractivity (Wildman–Crippen MR) is 152 cm³/mol. The second kappa shape index (κ2) is 23.0. The minimum absolute atomic E-state index is 0. The number of rotatable bonds is 14. The van der Waals surface area contributed by atoms with E-state index in [2.05, 4.69) is 9.69 Å². The maximum Gasteiger partial charge on any atom is 0.328 e. The van der Waals surface area contributed by atoms with E-state index in [1.54, 1.807) is 6.82 Å². The summed E-state index contributed by atoms with van der Waals surface area (Å²) in [5, 5.41) is 18.5. The molecule has 0 aromatic carbocycles. The van der Waals surface area contributed by atoms with E-state index >= 15 is 0 Å². The van der Waals surface area contributed by atoms with Gasteiger partial charge in [0.25, 0.3) is 0 Å². The first-order valence-electron chi connectivity index (χ1n) is 12.8. The third-order valence-electron chi connectivity index (χ3n) is 6.39. The average Bonchev–Trinajstić information content (AvgIpc) is 3.35. The minimum atomic E-state index is -3.28. The molecule has 12 nitrogen and oxygen atoms in total. The Balaban J connectivity index is 0. The summed E-state index contributed by atoms with van der Waals surface area (Å²) in [4.78, 5) is 6.21. The predicted octanol–water partition coefficient (Wildman–Crippen LogP) is 1.27. The van der Waals surface area contributed by atoms with E-state index in [1.807, 2.05) is 20.7 Å². The summed E-state index contributed by atoms with van der Waals surface area (Å²) in [5.74, 6) is -0.232. The van der Waals surface area contributed by atoms with E-state index < -0.39 is 40.2 Å². The molecule has 0 aromatic rings. The van der Waals surface area contributed by atoms with E-state index in [0.29, 0.717) is 0 Å². The van der Waals surface area contributed by atoms with Crippen molar-refractivity contribution in [2.75, 3.05) is 46.2 Å². The Morgan fingerprint density at radius 1 is 0.927 bits per heavy atom. The molecule has 0 aliphatic carbocycles. The Morgan fingerprint density at radius 3 is 1.93 bits per heavy atom. The van der Waals surface area contributed by atoms with Crippen LogP contribution in [0.1, 0.15) is 13.8 Å². The molecule has 2 fully saturated rings. The molecule has 2 aliphatic rings. The molecule has 6 radical (unpaired) electrons. The van der Waals surface area contributed by atoms with Crippen LogP contribution >= 0.6 is 15.9 Å². The van der Waals surface area contributed by atoms with Gasteiger partial charge >= 0.3 is 15.9 Å². The van der Waals surface area contributed by atoms with Crippen LogP contribution in [0.5, 0.6) is 0 Å². The Labute approximate surface area is 299 Å². The molecule has 10 atom stereocenters. The zero-order valence-corrected chi connectivity index (χ0v) is 31.9. The third-order valence-corrected chi connectivity index (χ3v) is 8.57. The molecule has 0 spiro atoms. The molecule has 2 saturated heterocycles. The van der Waals surface area contributed by atoms with Crippen LogP contribution < -0.4 is 0 Å². The van der Waals surface area contributed by atoms with Crippen molar-refractivity contribution < 1.29 is 112 Å². The first-order chi connectivity index (χ1) is 18.3. The summed E-state index contributed by atoms with van der Waals surface area (Å²) in [5.41, 5.74) is 0. The van der Waals surface area contributed by atoms with Crippen LogP contribution in [0.25, 0.3) is 9.69 Å². The fraction of sp³-hybridized carbons (Fsp3) is 0.905. The van der Waals surface area contributed by atoms with Crippen molar-refractivity contribution >= 4 is 44.5 Å². The quantitative estimate of drug-likeness (QED) is 0.115. The van der Waals surface area contributed by atoms with E-state index in [1.165, 1.54) is 6.66 Å². The Kier molecular flexibility index (Phi) is 25.1. The summed E-state index contributed by atoms with van der Waals surface area (Å²) >= 11 is 0. The molecule has 41 heavy (non-hydrogen) atoms. The summed E-state index contributed by atoms with van der Waals surface area (Å²) in [6.07, 6.45) is -1.96. The van der Waals surface area contributed by atoms with Crippen molar-refractivity contribution in [1.82, 2.24) is 0 Å². The molecule has 20 heteroatoms. The van der Waals surface area contributed by atoms with E-state index in [0.717, 1.165) is 0 Å². The molecular weight excluding hydrogens is 723 g/mol. The first-order valence-corrected chi connectivity index (χ1v) is 16.0. The van der Waals surface area contributed by atoms with Crippen molar-refractivity contribution in [2.24, 2.45) is 11.8 Å². The van der Waals surface area contributed by atoms with Crippen LogP contribution in [0.4, 0.5) is 0 Å². The fourth-order valence-electron chi connectivity index (χ4n) is 4.39. The van der Waals surface area contributed by atoms with Gasteiger partial charge in [-0.3, -0.25) is 9.13 Å². The number of aliphatic hydroxyl groups excluding tert-OH is 2. The fourth-order valence-corrected chi connectivity index (χ4v) is 6.53. The van der Waals surface area contributed by atoms with Crippen molar-refractivity contribution in [3.8, 4) is 0 Å². The average molecular weight is 762 g/mol. The van der Waals surface area contributed by atoms with E-state index in [4.69, 9.17) is 56.2 Å². The first kappa shape index (κ1) is 44.7. The van der Waals surface area contributed by atoms with Crippen LogP contribution in [0, 0.1) is 25.0 Å². The Morgan fingerprint density at radius 2 is 1.44 bits per heavy atom. The van der Waals surface area contributed by atoms with Gasteiger partial charge in [-0.2, -0.15) is 0 Å². The van der Waals surface area contributed by atoms with Gasteiger partial charge in [-0.15, -0.1) is 0 Å². The second-order valence-corrected chi connectivity index (χ2v) is 12.7. The topological polar surface area (TPSA) is 139 Å². The SMILES string of the molecule is [B]B(C)[C@@H]1O[C@H](CO)C(C)[C@@H]1OP(C)(=O)OCC[N+]#[C-].[B]B(C)[C@@H]1O[C@H](CO)C(O[PH](=O)OCC[N+]#[C-])[C@@H]1C.[Y].[Y]. The summed E-state index contributed by atoms with van der Waals surface area (Å²) in [6, 6.07) is -0.694. The molecule has 0 saturated carbocycles. The van der Waals surface area contributed by atoms with Gasteiger partial charge in [0.05, 0.1) is 37.5 Å². The van der Waals surface area contributed by atoms with Gasteiger partial charge in [0.2, 0.25) is 13.1 Å². The van der Waals surface area contributed by atoms with Gasteiger partial charge in [0.1, 0.15) is 32.5 Å². The maximum atomic E-state index is 12.2. The van der Waals surface area contributed by atoms with Gasteiger partial charge in [-0.05, 0) is 0 Å². The zero-order chi connectivity index (χ0) is 29.8. The normalized spacial score (nSPS) is 30.7. The molecule has 0 bridgehead atoms. The van der Waals surface area contributed by atoms with Crippen molar-refractivity contribution in [1.29, 1.82) is 0 Å². The number of hydrogen-bond donors (Lipinski definition) is 2. The van der Waals surface area contributed by atoms with Crippen LogP contribution in [0.2, 0.25) is 13.6 Å². The Hall–Kier alpha value is 1.59. The van der Waals surface area contributed by atoms with Gasteiger partial charge in [-0.1, -0.05) is 27.5 Å². The van der Waals surface area contributed by atoms with Crippen LogP contribution in [-0.4, -0.2) is 121 Å². The molecule has 0 aromatic heterocycles. The van der Waals surface area contributed by atoms with Gasteiger partial charge in [0, 0.05) is 105 Å². The zero-order valence-electron chi connectivity index (χ0n) is 24.3.